The van der Waals surface area contributed by atoms with Crippen molar-refractivity contribution < 1.29 is 17.6 Å². The fourth-order valence-corrected chi connectivity index (χ4v) is 3.98. The number of aromatic nitrogens is 1. The van der Waals surface area contributed by atoms with E-state index in [-0.39, 0.29) is 28.4 Å². The molecule has 2 heterocycles. The third-order valence-electron chi connectivity index (χ3n) is 4.45. The van der Waals surface area contributed by atoms with Crippen molar-refractivity contribution in [2.45, 2.75) is 63.0 Å². The maximum atomic E-state index is 12.4. The normalized spacial score (nSPS) is 20.4. The van der Waals surface area contributed by atoms with E-state index in [1.54, 1.807) is 0 Å². The first-order chi connectivity index (χ1) is 11.2. The Bertz CT molecular complexity index is 708. The van der Waals surface area contributed by atoms with E-state index in [2.05, 4.69) is 9.71 Å². The van der Waals surface area contributed by atoms with Crippen molar-refractivity contribution in [3.05, 3.63) is 12.1 Å². The molecule has 134 valence electrons. The van der Waals surface area contributed by atoms with Crippen molar-refractivity contribution in [3.63, 3.8) is 0 Å². The van der Waals surface area contributed by atoms with Gasteiger partial charge in [-0.05, 0) is 25.7 Å². The molecule has 0 radical (unpaired) electrons. The molecule has 1 aliphatic heterocycles. The van der Waals surface area contributed by atoms with E-state index >= 15 is 0 Å². The molecule has 0 atom stereocenters. The van der Waals surface area contributed by atoms with Crippen molar-refractivity contribution in [1.82, 2.24) is 14.6 Å². The molecular formula is C16H25N3O4S. The number of sulfonamides is 1. The summed E-state index contributed by atoms with van der Waals surface area (Å²) in [6.07, 6.45) is 4.49. The van der Waals surface area contributed by atoms with Crippen LogP contribution in [0.3, 0.4) is 0 Å². The summed E-state index contributed by atoms with van der Waals surface area (Å²) in [7, 11) is -3.72. The number of hydrogen-bond acceptors (Lipinski definition) is 5. The Morgan fingerprint density at radius 3 is 2.38 bits per heavy atom. The van der Waals surface area contributed by atoms with Gasteiger partial charge in [0.15, 0.2) is 0 Å². The van der Waals surface area contributed by atoms with E-state index < -0.39 is 10.0 Å². The number of hydrogen-bond donors (Lipinski definition) is 1. The molecule has 3 rings (SSSR count). The molecule has 1 saturated heterocycles. The van der Waals surface area contributed by atoms with Crippen LogP contribution >= 0.6 is 0 Å². The Hall–Kier alpha value is -1.41. The number of rotatable bonds is 4. The van der Waals surface area contributed by atoms with Gasteiger partial charge in [0.25, 0.3) is 15.1 Å². The van der Waals surface area contributed by atoms with Gasteiger partial charge in [-0.1, -0.05) is 20.8 Å². The summed E-state index contributed by atoms with van der Waals surface area (Å²) >= 11 is 0. The smallest absolute Gasteiger partial charge is 0.275 e. The maximum Gasteiger partial charge on any atom is 0.275 e. The zero-order valence-corrected chi connectivity index (χ0v) is 15.2. The average Bonchev–Trinajstić information content (AvgIpc) is 3.20. The van der Waals surface area contributed by atoms with Crippen LogP contribution in [0.4, 0.5) is 0 Å². The Balaban J connectivity index is 1.59. The zero-order chi connectivity index (χ0) is 17.5. The lowest BCUT2D eigenvalue weighted by Gasteiger charge is -2.32. The minimum Gasteiger partial charge on any atom is -0.427 e. The molecular weight excluding hydrogens is 330 g/mol. The molecule has 2 aliphatic rings. The first-order valence-electron chi connectivity index (χ1n) is 8.44. The van der Waals surface area contributed by atoms with Gasteiger partial charge in [-0.15, -0.1) is 0 Å². The van der Waals surface area contributed by atoms with Gasteiger partial charge in [0.05, 0.1) is 6.20 Å². The van der Waals surface area contributed by atoms with Crippen molar-refractivity contribution in [2.24, 2.45) is 5.92 Å². The van der Waals surface area contributed by atoms with Crippen LogP contribution in [-0.4, -0.2) is 43.3 Å². The molecule has 1 N–H and O–H groups in total. The molecule has 1 aliphatic carbocycles. The lowest BCUT2D eigenvalue weighted by molar-refractivity contribution is -0.133. The van der Waals surface area contributed by atoms with Gasteiger partial charge < -0.3 is 9.32 Å². The van der Waals surface area contributed by atoms with E-state index in [0.29, 0.717) is 31.8 Å². The molecule has 0 aromatic carbocycles. The van der Waals surface area contributed by atoms with Gasteiger partial charge >= 0.3 is 0 Å². The summed E-state index contributed by atoms with van der Waals surface area (Å²) in [5, 5.41) is -0.149. The third kappa shape index (κ3) is 3.80. The highest BCUT2D eigenvalue weighted by Crippen LogP contribution is 2.32. The van der Waals surface area contributed by atoms with Crippen LogP contribution in [0.15, 0.2) is 15.7 Å². The van der Waals surface area contributed by atoms with Crippen LogP contribution in [0, 0.1) is 5.92 Å². The first-order valence-corrected chi connectivity index (χ1v) is 9.92. The molecule has 8 heteroatoms. The summed E-state index contributed by atoms with van der Waals surface area (Å²) < 4.78 is 33.0. The van der Waals surface area contributed by atoms with Gasteiger partial charge in [0.1, 0.15) is 0 Å². The minimum atomic E-state index is -3.72. The van der Waals surface area contributed by atoms with Gasteiger partial charge in [0, 0.05) is 30.5 Å². The molecule has 1 saturated carbocycles. The quantitative estimate of drug-likeness (QED) is 0.886. The maximum absolute atomic E-state index is 12.4. The molecule has 1 aromatic rings. The summed E-state index contributed by atoms with van der Waals surface area (Å²) in [5.74, 6) is 0.831. The monoisotopic (exact) mass is 355 g/mol. The predicted octanol–water partition coefficient (Wildman–Crippen LogP) is 1.65. The summed E-state index contributed by atoms with van der Waals surface area (Å²) in [6.45, 7) is 6.94. The van der Waals surface area contributed by atoms with Crippen LogP contribution in [0.2, 0.25) is 0 Å². The molecule has 0 bridgehead atoms. The van der Waals surface area contributed by atoms with E-state index in [1.165, 1.54) is 6.20 Å². The lowest BCUT2D eigenvalue weighted by atomic mass is 9.97. The molecule has 1 amide bonds. The molecule has 24 heavy (non-hydrogen) atoms. The largest absolute Gasteiger partial charge is 0.427 e. The lowest BCUT2D eigenvalue weighted by Crippen LogP contribution is -2.46. The van der Waals surface area contributed by atoms with Crippen LogP contribution in [-0.2, 0) is 20.2 Å². The number of oxazole rings is 1. The standard InChI is InChI=1S/C16H25N3O4S/c1-16(2,3)15-17-10-13(23-15)24(21,22)18-12-6-8-19(9-7-12)14(20)11-4-5-11/h10-12,18H,4-9H2,1-3H3. The second kappa shape index (κ2) is 6.15. The van der Waals surface area contributed by atoms with E-state index in [1.807, 2.05) is 25.7 Å². The first kappa shape index (κ1) is 17.4. The molecule has 7 nitrogen and oxygen atoms in total. The van der Waals surface area contributed by atoms with Crippen LogP contribution in [0.1, 0.15) is 52.3 Å². The van der Waals surface area contributed by atoms with Crippen LogP contribution in [0.25, 0.3) is 0 Å². The van der Waals surface area contributed by atoms with Crippen molar-refractivity contribution >= 4 is 15.9 Å². The fourth-order valence-electron chi connectivity index (χ4n) is 2.81. The SMILES string of the molecule is CC(C)(C)c1ncc(S(=O)(=O)NC2CCN(C(=O)C3CC3)CC2)o1. The number of carbonyl (C=O) groups is 1. The Morgan fingerprint density at radius 1 is 1.25 bits per heavy atom. The molecule has 1 aromatic heterocycles. The number of amides is 1. The summed E-state index contributed by atoms with van der Waals surface area (Å²) in [5.41, 5.74) is -0.345. The minimum absolute atomic E-state index is 0.149. The Labute approximate surface area is 142 Å². The molecule has 0 spiro atoms. The van der Waals surface area contributed by atoms with Gasteiger partial charge in [-0.2, -0.15) is 0 Å². The van der Waals surface area contributed by atoms with Crippen LogP contribution in [0.5, 0.6) is 0 Å². The Morgan fingerprint density at radius 2 is 1.88 bits per heavy atom. The predicted molar refractivity (Wildman–Crippen MR) is 87.9 cm³/mol. The zero-order valence-electron chi connectivity index (χ0n) is 14.4. The highest BCUT2D eigenvalue weighted by Gasteiger charge is 2.36. The fraction of sp³-hybridized carbons (Fsp3) is 0.750. The molecule has 2 fully saturated rings. The number of piperidine rings is 1. The summed E-state index contributed by atoms with van der Waals surface area (Å²) in [4.78, 5) is 18.0. The van der Waals surface area contributed by atoms with E-state index in [4.69, 9.17) is 4.42 Å². The van der Waals surface area contributed by atoms with Gasteiger partial charge in [-0.3, -0.25) is 4.79 Å². The van der Waals surface area contributed by atoms with Crippen molar-refractivity contribution in [3.8, 4) is 0 Å². The number of carbonyl (C=O) groups excluding carboxylic acids is 1. The van der Waals surface area contributed by atoms with E-state index in [0.717, 1.165) is 12.8 Å². The average molecular weight is 355 g/mol. The van der Waals surface area contributed by atoms with Gasteiger partial charge in [0.2, 0.25) is 11.8 Å². The number of nitrogens with zero attached hydrogens (tertiary/aromatic N) is 2. The Kier molecular flexibility index (Phi) is 4.46. The highest BCUT2D eigenvalue weighted by molar-refractivity contribution is 7.89. The topological polar surface area (TPSA) is 92.5 Å². The second-order valence-electron chi connectivity index (χ2n) is 7.73. The third-order valence-corrected chi connectivity index (χ3v) is 5.81. The van der Waals surface area contributed by atoms with Crippen molar-refractivity contribution in [1.29, 1.82) is 0 Å². The highest BCUT2D eigenvalue weighted by atomic mass is 32.2. The number of likely N-dealkylation sites (tertiary alicyclic amines) is 1. The second-order valence-corrected chi connectivity index (χ2v) is 9.37. The number of nitrogens with one attached hydrogen (secondary N) is 1. The molecule has 0 unspecified atom stereocenters. The van der Waals surface area contributed by atoms with E-state index in [9.17, 15) is 13.2 Å². The van der Waals surface area contributed by atoms with Crippen LogP contribution < -0.4 is 4.72 Å². The summed E-state index contributed by atoms with van der Waals surface area (Å²) in [6, 6.07) is -0.179. The van der Waals surface area contributed by atoms with Gasteiger partial charge in [-0.25, -0.2) is 18.1 Å². The van der Waals surface area contributed by atoms with Crippen molar-refractivity contribution in [2.75, 3.05) is 13.1 Å².